The molecule has 0 atom stereocenters. The number of anilines is 2. The molecule has 0 fully saturated rings. The first-order valence-electron chi connectivity index (χ1n) is 7.63. The second-order valence-electron chi connectivity index (χ2n) is 5.27. The van der Waals surface area contributed by atoms with E-state index in [4.69, 9.17) is 11.6 Å². The third-order valence-corrected chi connectivity index (χ3v) is 3.76. The molecule has 0 unspecified atom stereocenters. The van der Waals surface area contributed by atoms with Crippen molar-refractivity contribution in [3.8, 4) is 0 Å². The van der Waals surface area contributed by atoms with Crippen LogP contribution in [-0.4, -0.2) is 27.8 Å². The lowest BCUT2D eigenvalue weighted by molar-refractivity contribution is 0.251. The molecule has 7 nitrogen and oxygen atoms in total. The largest absolute Gasteiger partial charge is 0.368 e. The number of amides is 2. The van der Waals surface area contributed by atoms with E-state index in [-0.39, 0.29) is 11.6 Å². The topological polar surface area (TPSA) is 94.7 Å². The molecule has 0 saturated heterocycles. The van der Waals surface area contributed by atoms with Gasteiger partial charge in [0.2, 0.25) is 0 Å². The van der Waals surface area contributed by atoms with Crippen LogP contribution >= 0.6 is 11.6 Å². The Kier molecular flexibility index (Phi) is 4.99. The third kappa shape index (κ3) is 3.97. The van der Waals surface area contributed by atoms with Crippen LogP contribution in [0.1, 0.15) is 12.5 Å². The molecule has 4 N–H and O–H groups in total. The van der Waals surface area contributed by atoms with Gasteiger partial charge in [0.1, 0.15) is 11.6 Å². The number of aromatic nitrogens is 3. The van der Waals surface area contributed by atoms with E-state index in [1.165, 1.54) is 12.1 Å². The molecular formula is C16H16ClFN6O. The zero-order valence-corrected chi connectivity index (χ0v) is 14.1. The molecule has 0 spiro atoms. The SMILES string of the molecule is CCNc1n[nH]c2cc(NC(=O)NCc3ccc(F)c(Cl)c3)ncc12. The Morgan fingerprint density at radius 1 is 1.36 bits per heavy atom. The first kappa shape index (κ1) is 17.0. The van der Waals surface area contributed by atoms with Gasteiger partial charge in [-0.15, -0.1) is 0 Å². The van der Waals surface area contributed by atoms with Gasteiger partial charge in [0.05, 0.1) is 15.9 Å². The predicted molar refractivity (Wildman–Crippen MR) is 95.3 cm³/mol. The zero-order valence-electron chi connectivity index (χ0n) is 13.4. The molecule has 130 valence electrons. The third-order valence-electron chi connectivity index (χ3n) is 3.47. The summed E-state index contributed by atoms with van der Waals surface area (Å²) in [6.07, 6.45) is 1.63. The van der Waals surface area contributed by atoms with Gasteiger partial charge in [0.15, 0.2) is 5.82 Å². The average molecular weight is 363 g/mol. The van der Waals surface area contributed by atoms with Gasteiger partial charge in [-0.1, -0.05) is 17.7 Å². The van der Waals surface area contributed by atoms with Crippen LogP contribution < -0.4 is 16.0 Å². The maximum absolute atomic E-state index is 13.1. The molecule has 0 radical (unpaired) electrons. The van der Waals surface area contributed by atoms with E-state index in [0.717, 1.165) is 17.4 Å². The summed E-state index contributed by atoms with van der Waals surface area (Å²) in [5.41, 5.74) is 1.44. The summed E-state index contributed by atoms with van der Waals surface area (Å²) < 4.78 is 13.1. The summed E-state index contributed by atoms with van der Waals surface area (Å²) in [4.78, 5) is 16.2. The quantitative estimate of drug-likeness (QED) is 0.558. The number of carbonyl (C=O) groups is 1. The Hall–Kier alpha value is -2.87. The number of fused-ring (bicyclic) bond motifs is 1. The van der Waals surface area contributed by atoms with Gasteiger partial charge in [-0.25, -0.2) is 14.2 Å². The van der Waals surface area contributed by atoms with Gasteiger partial charge in [-0.05, 0) is 24.6 Å². The predicted octanol–water partition coefficient (Wildman–Crippen LogP) is 3.50. The van der Waals surface area contributed by atoms with Crippen LogP contribution in [0.5, 0.6) is 0 Å². The number of benzene rings is 1. The molecule has 3 rings (SSSR count). The number of H-pyrrole nitrogens is 1. The minimum atomic E-state index is -0.496. The highest BCUT2D eigenvalue weighted by Crippen LogP contribution is 2.21. The Balaban J connectivity index is 1.62. The first-order valence-corrected chi connectivity index (χ1v) is 8.01. The number of urea groups is 1. The van der Waals surface area contributed by atoms with Crippen LogP contribution in [0.4, 0.5) is 20.8 Å². The maximum Gasteiger partial charge on any atom is 0.320 e. The molecule has 3 aromatic rings. The van der Waals surface area contributed by atoms with E-state index in [2.05, 4.69) is 31.1 Å². The van der Waals surface area contributed by atoms with E-state index >= 15 is 0 Å². The van der Waals surface area contributed by atoms with Gasteiger partial charge >= 0.3 is 6.03 Å². The zero-order chi connectivity index (χ0) is 17.8. The molecule has 9 heteroatoms. The van der Waals surface area contributed by atoms with Crippen molar-refractivity contribution in [2.75, 3.05) is 17.2 Å². The molecule has 0 aliphatic heterocycles. The lowest BCUT2D eigenvalue weighted by atomic mass is 10.2. The molecule has 2 amide bonds. The number of nitrogens with one attached hydrogen (secondary N) is 4. The van der Waals surface area contributed by atoms with Crippen LogP contribution in [0.15, 0.2) is 30.5 Å². The summed E-state index contributed by atoms with van der Waals surface area (Å²) in [7, 11) is 0. The highest BCUT2D eigenvalue weighted by Gasteiger charge is 2.09. The molecule has 0 saturated carbocycles. The molecule has 2 aromatic heterocycles. The van der Waals surface area contributed by atoms with Crippen molar-refractivity contribution < 1.29 is 9.18 Å². The lowest BCUT2D eigenvalue weighted by Gasteiger charge is -2.08. The van der Waals surface area contributed by atoms with Crippen LogP contribution in [0.2, 0.25) is 5.02 Å². The summed E-state index contributed by atoms with van der Waals surface area (Å²) in [5.74, 6) is 0.604. The van der Waals surface area contributed by atoms with E-state index < -0.39 is 11.8 Å². The van der Waals surface area contributed by atoms with Gasteiger partial charge in [-0.2, -0.15) is 5.10 Å². The molecular weight excluding hydrogens is 347 g/mol. The van der Waals surface area contributed by atoms with Crippen LogP contribution in [0, 0.1) is 5.82 Å². The number of hydrogen-bond acceptors (Lipinski definition) is 4. The number of hydrogen-bond donors (Lipinski definition) is 4. The van der Waals surface area contributed by atoms with Crippen molar-refractivity contribution in [2.45, 2.75) is 13.5 Å². The maximum atomic E-state index is 13.1. The Morgan fingerprint density at radius 3 is 2.96 bits per heavy atom. The Morgan fingerprint density at radius 2 is 2.20 bits per heavy atom. The van der Waals surface area contributed by atoms with E-state index in [1.807, 2.05) is 6.92 Å². The average Bonchev–Trinajstić information content (AvgIpc) is 2.99. The van der Waals surface area contributed by atoms with Gasteiger partial charge in [0.25, 0.3) is 0 Å². The van der Waals surface area contributed by atoms with E-state index in [9.17, 15) is 9.18 Å². The van der Waals surface area contributed by atoms with E-state index in [0.29, 0.717) is 17.2 Å². The van der Waals surface area contributed by atoms with Crippen LogP contribution in [0.25, 0.3) is 10.9 Å². The fourth-order valence-electron chi connectivity index (χ4n) is 2.28. The van der Waals surface area contributed by atoms with Crippen LogP contribution in [0.3, 0.4) is 0 Å². The minimum Gasteiger partial charge on any atom is -0.368 e. The second kappa shape index (κ2) is 7.35. The standard InChI is InChI=1S/C16H16ClFN6O/c1-2-19-15-10-8-20-14(6-13(10)23-24-15)22-16(25)21-7-9-3-4-12(18)11(17)5-9/h3-6,8H,2,7H2,1H3,(H2,19,23,24)(H2,20,21,22,25). The molecule has 0 aliphatic rings. The molecule has 1 aromatic carbocycles. The van der Waals surface area contributed by atoms with Crippen molar-refractivity contribution in [1.82, 2.24) is 20.5 Å². The first-order chi connectivity index (χ1) is 12.1. The van der Waals surface area contributed by atoms with Crippen molar-refractivity contribution >= 4 is 40.2 Å². The number of halogens is 2. The van der Waals surface area contributed by atoms with Gasteiger partial charge < -0.3 is 10.6 Å². The smallest absolute Gasteiger partial charge is 0.320 e. The summed E-state index contributed by atoms with van der Waals surface area (Å²) >= 11 is 5.71. The number of carbonyl (C=O) groups excluding carboxylic acids is 1. The number of rotatable bonds is 5. The van der Waals surface area contributed by atoms with Crippen molar-refractivity contribution in [3.05, 3.63) is 46.9 Å². The van der Waals surface area contributed by atoms with Gasteiger partial charge in [0, 0.05) is 25.4 Å². The Bertz CT molecular complexity index is 913. The molecule has 25 heavy (non-hydrogen) atoms. The molecule has 2 heterocycles. The van der Waals surface area contributed by atoms with Crippen molar-refractivity contribution in [2.24, 2.45) is 0 Å². The monoisotopic (exact) mass is 362 g/mol. The number of aromatic amines is 1. The summed E-state index contributed by atoms with van der Waals surface area (Å²) in [6, 6.07) is 5.54. The number of pyridine rings is 1. The summed E-state index contributed by atoms with van der Waals surface area (Å²) in [5, 5.41) is 16.3. The number of nitrogens with zero attached hydrogens (tertiary/aromatic N) is 2. The molecule has 0 aliphatic carbocycles. The van der Waals surface area contributed by atoms with Crippen molar-refractivity contribution in [1.29, 1.82) is 0 Å². The van der Waals surface area contributed by atoms with Gasteiger partial charge in [-0.3, -0.25) is 10.4 Å². The van der Waals surface area contributed by atoms with Crippen molar-refractivity contribution in [3.63, 3.8) is 0 Å². The Labute approximate surface area is 148 Å². The highest BCUT2D eigenvalue weighted by atomic mass is 35.5. The normalized spacial score (nSPS) is 10.7. The second-order valence-corrected chi connectivity index (χ2v) is 5.68. The van der Waals surface area contributed by atoms with Crippen LogP contribution in [-0.2, 0) is 6.54 Å². The minimum absolute atomic E-state index is 0.0163. The highest BCUT2D eigenvalue weighted by molar-refractivity contribution is 6.30. The fraction of sp³-hybridized carbons (Fsp3) is 0.188. The summed E-state index contributed by atoms with van der Waals surface area (Å²) in [6.45, 7) is 2.93. The molecule has 0 bridgehead atoms. The fourth-order valence-corrected chi connectivity index (χ4v) is 2.48. The van der Waals surface area contributed by atoms with E-state index in [1.54, 1.807) is 18.3 Å². The lowest BCUT2D eigenvalue weighted by Crippen LogP contribution is -2.28.